The molecule has 0 aliphatic rings. The minimum Gasteiger partial charge on any atom is -0.465 e. The highest BCUT2D eigenvalue weighted by atomic mass is 31.2. The summed E-state index contributed by atoms with van der Waals surface area (Å²) in [5.41, 5.74) is -0.611. The topological polar surface area (TPSA) is 83.8 Å². The quantitative estimate of drug-likeness (QED) is 0.577. The molecule has 5 nitrogen and oxygen atoms in total. The minimum atomic E-state index is -4.10. The van der Waals surface area contributed by atoms with Crippen LogP contribution < -0.4 is 0 Å². The average Bonchev–Trinajstić information content (AvgIpc) is 2.12. The number of ether oxygens (including phenoxy) is 1. The molecule has 0 bridgehead atoms. The Morgan fingerprint density at radius 3 is 2.06 bits per heavy atom. The van der Waals surface area contributed by atoms with Crippen molar-refractivity contribution in [1.29, 1.82) is 0 Å². The molecule has 6 heteroatoms. The van der Waals surface area contributed by atoms with Gasteiger partial charge in [0.25, 0.3) is 0 Å². The number of esters is 1. The first-order valence-corrected chi connectivity index (χ1v) is 7.91. The van der Waals surface area contributed by atoms with Gasteiger partial charge in [-0.1, -0.05) is 27.7 Å². The molecule has 1 unspecified atom stereocenters. The summed E-state index contributed by atoms with van der Waals surface area (Å²) in [4.78, 5) is 29.4. The molecule has 0 fully saturated rings. The van der Waals surface area contributed by atoms with E-state index in [1.807, 2.05) is 34.6 Å². The van der Waals surface area contributed by atoms with Gasteiger partial charge in [0.2, 0.25) is 0 Å². The highest BCUT2D eigenvalue weighted by molar-refractivity contribution is 7.51. The first kappa shape index (κ1) is 17.6. The summed E-state index contributed by atoms with van der Waals surface area (Å²) in [7, 11) is -4.10. The zero-order chi connectivity index (χ0) is 14.6. The van der Waals surface area contributed by atoms with Crippen LogP contribution in [-0.4, -0.2) is 28.5 Å². The first-order valence-electron chi connectivity index (χ1n) is 6.11. The van der Waals surface area contributed by atoms with Gasteiger partial charge in [0, 0.05) is 0 Å². The van der Waals surface area contributed by atoms with Crippen molar-refractivity contribution >= 4 is 13.6 Å². The smallest absolute Gasteiger partial charge is 0.328 e. The molecule has 0 aromatic heterocycles. The summed E-state index contributed by atoms with van der Waals surface area (Å²) in [6, 6.07) is 0. The summed E-state index contributed by atoms with van der Waals surface area (Å²) in [6.07, 6.45) is 0.887. The number of hydrogen-bond donors (Lipinski definition) is 2. The van der Waals surface area contributed by atoms with Gasteiger partial charge in [0.05, 0.1) is 11.6 Å². The van der Waals surface area contributed by atoms with E-state index in [9.17, 15) is 9.36 Å². The van der Waals surface area contributed by atoms with Crippen molar-refractivity contribution < 1.29 is 23.9 Å². The van der Waals surface area contributed by atoms with Gasteiger partial charge in [-0.2, -0.15) is 0 Å². The molecular weight excluding hydrogens is 255 g/mol. The third-order valence-electron chi connectivity index (χ3n) is 2.81. The molecule has 0 amide bonds. The van der Waals surface area contributed by atoms with Crippen molar-refractivity contribution in [3.63, 3.8) is 0 Å². The molecular formula is C12H25O5P. The van der Waals surface area contributed by atoms with E-state index in [-0.39, 0.29) is 18.0 Å². The Morgan fingerprint density at radius 2 is 1.72 bits per heavy atom. The van der Waals surface area contributed by atoms with Gasteiger partial charge in [-0.25, -0.2) is 0 Å². The molecule has 18 heavy (non-hydrogen) atoms. The molecule has 0 heterocycles. The number of carbonyl (C=O) groups excluding carboxylic acids is 1. The van der Waals surface area contributed by atoms with Crippen molar-refractivity contribution in [1.82, 2.24) is 0 Å². The van der Waals surface area contributed by atoms with Crippen LogP contribution in [-0.2, 0) is 14.1 Å². The van der Waals surface area contributed by atoms with Gasteiger partial charge in [-0.15, -0.1) is 0 Å². The molecule has 0 spiro atoms. The van der Waals surface area contributed by atoms with Crippen LogP contribution in [0.25, 0.3) is 0 Å². The van der Waals surface area contributed by atoms with Crippen LogP contribution in [0.1, 0.15) is 47.5 Å². The van der Waals surface area contributed by atoms with Gasteiger partial charge < -0.3 is 14.5 Å². The Balaban J connectivity index is 4.48. The zero-order valence-corrected chi connectivity index (χ0v) is 12.8. The van der Waals surface area contributed by atoms with E-state index in [4.69, 9.17) is 14.5 Å². The predicted octanol–water partition coefficient (Wildman–Crippen LogP) is 2.56. The number of hydrogen-bond acceptors (Lipinski definition) is 3. The maximum atomic E-state index is 12.0. The van der Waals surface area contributed by atoms with Gasteiger partial charge in [0.15, 0.2) is 0 Å². The molecule has 0 rings (SSSR count). The van der Waals surface area contributed by atoms with Crippen LogP contribution in [0.3, 0.4) is 0 Å². The van der Waals surface area contributed by atoms with Crippen LogP contribution in [0.4, 0.5) is 0 Å². The number of carbonyl (C=O) groups is 1. The van der Waals surface area contributed by atoms with Crippen molar-refractivity contribution in [2.45, 2.75) is 47.5 Å². The van der Waals surface area contributed by atoms with Crippen molar-refractivity contribution in [2.75, 3.05) is 12.8 Å². The summed E-state index contributed by atoms with van der Waals surface area (Å²) < 4.78 is 15.7. The lowest BCUT2D eigenvalue weighted by Crippen LogP contribution is -2.34. The normalized spacial score (nSPS) is 16.2. The van der Waals surface area contributed by atoms with E-state index in [1.54, 1.807) is 0 Å². The fraction of sp³-hybridized carbons (Fsp3) is 0.917. The van der Waals surface area contributed by atoms with Crippen molar-refractivity contribution in [3.8, 4) is 0 Å². The summed E-state index contributed by atoms with van der Waals surface area (Å²) >= 11 is 0. The lowest BCUT2D eigenvalue weighted by Gasteiger charge is -2.32. The highest BCUT2D eigenvalue weighted by Crippen LogP contribution is 2.38. The molecule has 108 valence electrons. The van der Waals surface area contributed by atoms with Gasteiger partial charge in [0.1, 0.15) is 6.61 Å². The fourth-order valence-electron chi connectivity index (χ4n) is 1.94. The lowest BCUT2D eigenvalue weighted by atomic mass is 9.73. The summed E-state index contributed by atoms with van der Waals surface area (Å²) in [5, 5.41) is 0. The van der Waals surface area contributed by atoms with E-state index >= 15 is 0 Å². The summed E-state index contributed by atoms with van der Waals surface area (Å²) in [6.45, 7) is 9.65. The molecule has 0 aromatic rings. The Kier molecular flexibility index (Phi) is 6.05. The number of rotatable bonds is 6. The third-order valence-corrected chi connectivity index (χ3v) is 3.57. The molecule has 1 atom stereocenters. The largest absolute Gasteiger partial charge is 0.465 e. The van der Waals surface area contributed by atoms with Crippen LogP contribution in [0.5, 0.6) is 0 Å². The average molecular weight is 280 g/mol. The maximum Gasteiger partial charge on any atom is 0.328 e. The maximum absolute atomic E-state index is 12.0. The summed E-state index contributed by atoms with van der Waals surface area (Å²) in [5.74, 6) is -0.381. The molecule has 0 saturated heterocycles. The minimum absolute atomic E-state index is 0.00692. The van der Waals surface area contributed by atoms with Gasteiger partial charge in [-0.05, 0) is 25.2 Å². The van der Waals surface area contributed by atoms with E-state index in [1.165, 1.54) is 0 Å². The van der Waals surface area contributed by atoms with E-state index in [2.05, 4.69) is 0 Å². The molecule has 0 radical (unpaired) electrons. The molecule has 0 aliphatic heterocycles. The first-order chi connectivity index (χ1) is 7.90. The standard InChI is InChI=1S/C12H25O5P/c1-6-12(5,9-11(2,3)4)10(13)17-7-8-18(14,15)16/h6-9H2,1-5H3,(H2,14,15,16). The monoisotopic (exact) mass is 280 g/mol. The predicted molar refractivity (Wildman–Crippen MR) is 70.3 cm³/mol. The SMILES string of the molecule is CCC(C)(CC(C)(C)C)C(=O)OCCP(=O)(O)O. The second kappa shape index (κ2) is 6.18. The van der Waals surface area contributed by atoms with E-state index in [0.29, 0.717) is 12.8 Å². The van der Waals surface area contributed by atoms with E-state index in [0.717, 1.165) is 0 Å². The second-order valence-electron chi connectivity index (χ2n) is 6.18. The Morgan fingerprint density at radius 1 is 1.22 bits per heavy atom. The van der Waals surface area contributed by atoms with Crippen LogP contribution in [0.15, 0.2) is 0 Å². The van der Waals surface area contributed by atoms with E-state index < -0.39 is 19.2 Å². The Labute approximate surface area is 109 Å². The molecule has 0 saturated carbocycles. The second-order valence-corrected chi connectivity index (χ2v) is 7.95. The molecule has 2 N–H and O–H groups in total. The lowest BCUT2D eigenvalue weighted by molar-refractivity contribution is -0.156. The molecule has 0 aromatic carbocycles. The highest BCUT2D eigenvalue weighted by Gasteiger charge is 2.37. The van der Waals surface area contributed by atoms with Crippen molar-refractivity contribution in [2.24, 2.45) is 10.8 Å². The Bertz CT molecular complexity index is 328. The van der Waals surface area contributed by atoms with Crippen LogP contribution in [0.2, 0.25) is 0 Å². The fourth-order valence-corrected chi connectivity index (χ4v) is 2.27. The Hall–Kier alpha value is -0.380. The van der Waals surface area contributed by atoms with Gasteiger partial charge in [-0.3, -0.25) is 9.36 Å². The molecule has 0 aliphatic carbocycles. The zero-order valence-electron chi connectivity index (χ0n) is 11.9. The van der Waals surface area contributed by atoms with Crippen LogP contribution in [0, 0.1) is 10.8 Å². The third kappa shape index (κ3) is 7.14. The van der Waals surface area contributed by atoms with Crippen LogP contribution >= 0.6 is 7.60 Å². The van der Waals surface area contributed by atoms with Gasteiger partial charge >= 0.3 is 13.6 Å². The van der Waals surface area contributed by atoms with Crippen molar-refractivity contribution in [3.05, 3.63) is 0 Å².